The molecule has 0 spiro atoms. The van der Waals surface area contributed by atoms with E-state index in [1.807, 2.05) is 0 Å². The zero-order valence-corrected chi connectivity index (χ0v) is 9.57. The van der Waals surface area contributed by atoms with Crippen molar-refractivity contribution in [3.8, 4) is 0 Å². The van der Waals surface area contributed by atoms with Gasteiger partial charge in [0.2, 0.25) is 16.0 Å². The van der Waals surface area contributed by atoms with Gasteiger partial charge >= 0.3 is 0 Å². The first kappa shape index (κ1) is 11.3. The lowest BCUT2D eigenvalue weighted by atomic mass is 10.3. The molecule has 0 atom stereocenters. The first-order valence-electron chi connectivity index (χ1n) is 5.18. The number of aromatic nitrogens is 2. The predicted molar refractivity (Wildman–Crippen MR) is 59.0 cm³/mol. The third kappa shape index (κ3) is 2.48. The van der Waals surface area contributed by atoms with Crippen LogP contribution in [0.1, 0.15) is 25.7 Å². The fourth-order valence-corrected chi connectivity index (χ4v) is 2.99. The average molecular weight is 242 g/mol. The Morgan fingerprint density at radius 3 is 2.38 bits per heavy atom. The quantitative estimate of drug-likeness (QED) is 0.793. The smallest absolute Gasteiger partial charge is 0.243 e. The summed E-state index contributed by atoms with van der Waals surface area (Å²) in [5, 5.41) is 0. The second-order valence-corrected chi connectivity index (χ2v) is 5.59. The van der Waals surface area contributed by atoms with Gasteiger partial charge in [0.15, 0.2) is 0 Å². The third-order valence-electron chi connectivity index (χ3n) is 2.64. The lowest BCUT2D eigenvalue weighted by molar-refractivity contribution is 0.551. The number of nitrogens with zero attached hydrogens (tertiary/aromatic N) is 2. The van der Waals surface area contributed by atoms with E-state index < -0.39 is 10.0 Å². The van der Waals surface area contributed by atoms with Crippen molar-refractivity contribution in [2.24, 2.45) is 0 Å². The fourth-order valence-electron chi connectivity index (χ4n) is 1.80. The number of hydrogen-bond donors (Lipinski definition) is 2. The van der Waals surface area contributed by atoms with Crippen LogP contribution in [0.25, 0.3) is 0 Å². The number of hydrogen-bond acceptors (Lipinski definition) is 5. The van der Waals surface area contributed by atoms with E-state index in [2.05, 4.69) is 14.7 Å². The maximum atomic E-state index is 11.9. The minimum atomic E-state index is -3.49. The minimum absolute atomic E-state index is 0.0440. The van der Waals surface area contributed by atoms with Gasteiger partial charge in [-0.2, -0.15) is 0 Å². The molecule has 1 aliphatic carbocycles. The molecular weight excluding hydrogens is 228 g/mol. The lowest BCUT2D eigenvalue weighted by Gasteiger charge is -2.11. The maximum absolute atomic E-state index is 11.9. The number of anilines is 1. The number of rotatable bonds is 3. The number of nitrogens with two attached hydrogens (primary N) is 1. The molecular formula is C9H14N4O2S. The van der Waals surface area contributed by atoms with Crippen LogP contribution in [0, 0.1) is 0 Å². The van der Waals surface area contributed by atoms with Gasteiger partial charge in [0, 0.05) is 6.04 Å². The Hall–Kier alpha value is -1.21. The number of sulfonamides is 1. The average Bonchev–Trinajstić information content (AvgIpc) is 2.70. The first-order chi connectivity index (χ1) is 7.58. The minimum Gasteiger partial charge on any atom is -0.368 e. The molecule has 1 saturated carbocycles. The molecule has 16 heavy (non-hydrogen) atoms. The Bertz CT molecular complexity index is 451. The van der Waals surface area contributed by atoms with Crippen molar-refractivity contribution < 1.29 is 8.42 Å². The fraction of sp³-hybridized carbons (Fsp3) is 0.556. The van der Waals surface area contributed by atoms with Gasteiger partial charge in [0.25, 0.3) is 0 Å². The summed E-state index contributed by atoms with van der Waals surface area (Å²) in [6.45, 7) is 0. The monoisotopic (exact) mass is 242 g/mol. The van der Waals surface area contributed by atoms with Crippen LogP contribution in [0.4, 0.5) is 5.95 Å². The number of nitrogen functional groups attached to an aromatic ring is 1. The van der Waals surface area contributed by atoms with Crippen LogP contribution in [0.15, 0.2) is 17.3 Å². The van der Waals surface area contributed by atoms with Gasteiger partial charge in [-0.3, -0.25) is 0 Å². The topological polar surface area (TPSA) is 98.0 Å². The van der Waals surface area contributed by atoms with Crippen molar-refractivity contribution in [2.45, 2.75) is 36.6 Å². The summed E-state index contributed by atoms with van der Waals surface area (Å²) in [5.74, 6) is 0.0693. The molecule has 0 aromatic carbocycles. The highest BCUT2D eigenvalue weighted by Crippen LogP contribution is 2.19. The SMILES string of the molecule is Nc1ncc(S(=O)(=O)NC2CCCC2)cn1. The van der Waals surface area contributed by atoms with E-state index in [0.29, 0.717) is 0 Å². The van der Waals surface area contributed by atoms with Crippen LogP contribution in [-0.2, 0) is 10.0 Å². The van der Waals surface area contributed by atoms with E-state index in [4.69, 9.17) is 5.73 Å². The molecule has 3 N–H and O–H groups in total. The summed E-state index contributed by atoms with van der Waals surface area (Å²) < 4.78 is 26.4. The molecule has 0 aliphatic heterocycles. The molecule has 0 unspecified atom stereocenters. The standard InChI is InChI=1S/C9H14N4O2S/c10-9-11-5-8(6-12-9)16(14,15)13-7-3-1-2-4-7/h5-7,13H,1-4H2,(H2,10,11,12). The summed E-state index contributed by atoms with van der Waals surface area (Å²) >= 11 is 0. The van der Waals surface area contributed by atoms with Gasteiger partial charge < -0.3 is 5.73 Å². The van der Waals surface area contributed by atoms with Crippen LogP contribution < -0.4 is 10.5 Å². The van der Waals surface area contributed by atoms with Crippen molar-refractivity contribution in [3.05, 3.63) is 12.4 Å². The van der Waals surface area contributed by atoms with Crippen LogP contribution in [0.3, 0.4) is 0 Å². The molecule has 1 aliphatic rings. The summed E-state index contributed by atoms with van der Waals surface area (Å²) in [6, 6.07) is 0.0440. The Kier molecular flexibility index (Phi) is 3.06. The van der Waals surface area contributed by atoms with Crippen molar-refractivity contribution in [3.63, 3.8) is 0 Å². The second kappa shape index (κ2) is 4.34. The van der Waals surface area contributed by atoms with Gasteiger partial charge in [-0.1, -0.05) is 12.8 Å². The highest BCUT2D eigenvalue weighted by Gasteiger charge is 2.23. The van der Waals surface area contributed by atoms with E-state index in [1.165, 1.54) is 12.4 Å². The molecule has 7 heteroatoms. The predicted octanol–water partition coefficient (Wildman–Crippen LogP) is 0.280. The largest absolute Gasteiger partial charge is 0.368 e. The first-order valence-corrected chi connectivity index (χ1v) is 6.66. The Labute approximate surface area is 94.3 Å². The zero-order chi connectivity index (χ0) is 11.6. The molecule has 6 nitrogen and oxygen atoms in total. The van der Waals surface area contributed by atoms with Gasteiger partial charge in [0.05, 0.1) is 12.4 Å². The molecule has 0 saturated heterocycles. The Balaban J connectivity index is 2.14. The van der Waals surface area contributed by atoms with Crippen molar-refractivity contribution >= 4 is 16.0 Å². The summed E-state index contributed by atoms with van der Waals surface area (Å²) in [5.41, 5.74) is 5.30. The highest BCUT2D eigenvalue weighted by atomic mass is 32.2. The molecule has 0 amide bonds. The molecule has 1 fully saturated rings. The third-order valence-corrected chi connectivity index (χ3v) is 4.11. The van der Waals surface area contributed by atoms with Crippen LogP contribution in [0.2, 0.25) is 0 Å². The molecule has 88 valence electrons. The molecule has 1 aromatic heterocycles. The number of nitrogens with one attached hydrogen (secondary N) is 1. The van der Waals surface area contributed by atoms with E-state index in [1.54, 1.807) is 0 Å². The van der Waals surface area contributed by atoms with E-state index in [0.717, 1.165) is 25.7 Å². The molecule has 1 heterocycles. The van der Waals surface area contributed by atoms with Gasteiger partial charge in [-0.05, 0) is 12.8 Å². The van der Waals surface area contributed by atoms with Crippen molar-refractivity contribution in [2.75, 3.05) is 5.73 Å². The van der Waals surface area contributed by atoms with Crippen molar-refractivity contribution in [1.29, 1.82) is 0 Å². The zero-order valence-electron chi connectivity index (χ0n) is 8.76. The van der Waals surface area contributed by atoms with E-state index in [-0.39, 0.29) is 16.9 Å². The summed E-state index contributed by atoms with van der Waals surface area (Å²) in [4.78, 5) is 7.40. The molecule has 1 aromatic rings. The highest BCUT2D eigenvalue weighted by molar-refractivity contribution is 7.89. The van der Waals surface area contributed by atoms with Crippen molar-refractivity contribution in [1.82, 2.24) is 14.7 Å². The summed E-state index contributed by atoms with van der Waals surface area (Å²) in [6.07, 6.45) is 6.39. The maximum Gasteiger partial charge on any atom is 0.243 e. The van der Waals surface area contributed by atoms with Gasteiger partial charge in [-0.15, -0.1) is 0 Å². The Morgan fingerprint density at radius 2 is 1.81 bits per heavy atom. The lowest BCUT2D eigenvalue weighted by Crippen LogP contribution is -2.32. The summed E-state index contributed by atoms with van der Waals surface area (Å²) in [7, 11) is -3.49. The Morgan fingerprint density at radius 1 is 1.25 bits per heavy atom. The van der Waals surface area contributed by atoms with Crippen LogP contribution in [-0.4, -0.2) is 24.4 Å². The normalized spacial score (nSPS) is 17.8. The van der Waals surface area contributed by atoms with E-state index in [9.17, 15) is 8.42 Å². The molecule has 0 bridgehead atoms. The van der Waals surface area contributed by atoms with Crippen LogP contribution in [0.5, 0.6) is 0 Å². The van der Waals surface area contributed by atoms with Gasteiger partial charge in [-0.25, -0.2) is 23.1 Å². The second-order valence-electron chi connectivity index (χ2n) is 3.88. The van der Waals surface area contributed by atoms with Crippen LogP contribution >= 0.6 is 0 Å². The van der Waals surface area contributed by atoms with Gasteiger partial charge in [0.1, 0.15) is 4.90 Å². The molecule has 2 rings (SSSR count). The van der Waals surface area contributed by atoms with E-state index >= 15 is 0 Å². The molecule has 0 radical (unpaired) electrons.